The minimum absolute atomic E-state index is 0.0666. The van der Waals surface area contributed by atoms with Crippen molar-refractivity contribution in [2.45, 2.75) is 76.8 Å². The van der Waals surface area contributed by atoms with Crippen LogP contribution in [-0.4, -0.2) is 50.5 Å². The first-order chi connectivity index (χ1) is 13.1. The molecule has 2 N–H and O–H groups in total. The third-order valence-corrected chi connectivity index (χ3v) is 6.11. The van der Waals surface area contributed by atoms with Crippen LogP contribution in [0, 0.1) is 18.8 Å². The molecule has 28 heavy (non-hydrogen) atoms. The van der Waals surface area contributed by atoms with E-state index < -0.39 is 10.1 Å². The van der Waals surface area contributed by atoms with Crippen molar-refractivity contribution in [2.24, 2.45) is 11.8 Å². The number of hydrogen-bond donors (Lipinski definition) is 2. The van der Waals surface area contributed by atoms with Crippen LogP contribution in [0.25, 0.3) is 0 Å². The maximum absolute atomic E-state index is 10.5. The van der Waals surface area contributed by atoms with Gasteiger partial charge in [0.15, 0.2) is 0 Å². The van der Waals surface area contributed by atoms with Gasteiger partial charge in [0.05, 0.1) is 29.3 Å². The van der Waals surface area contributed by atoms with Gasteiger partial charge in [0, 0.05) is 0 Å². The molecule has 0 spiro atoms. The Balaban J connectivity index is 0.000000221. The van der Waals surface area contributed by atoms with Crippen molar-refractivity contribution >= 4 is 10.1 Å². The first kappa shape index (κ1) is 23.3. The topological polar surface area (TPSA) is 91.5 Å². The van der Waals surface area contributed by atoms with Crippen LogP contribution < -0.4 is 5.32 Å². The number of nitrogens with one attached hydrogen (secondary N) is 1. The van der Waals surface area contributed by atoms with E-state index in [1.807, 2.05) is 6.92 Å². The first-order valence-corrected chi connectivity index (χ1v) is 11.6. The number of hydrogen-bond acceptors (Lipinski definition) is 5. The fourth-order valence-corrected chi connectivity index (χ4v) is 3.68. The number of epoxide rings is 2. The van der Waals surface area contributed by atoms with Gasteiger partial charge in [-0.2, -0.15) is 8.42 Å². The van der Waals surface area contributed by atoms with E-state index in [0.717, 1.165) is 18.7 Å². The molecule has 0 aliphatic carbocycles. The minimum Gasteiger partial charge on any atom is -0.370 e. The summed E-state index contributed by atoms with van der Waals surface area (Å²) in [5.74, 6) is 1.43. The minimum atomic E-state index is -4.02. The molecule has 6 nitrogen and oxygen atoms in total. The van der Waals surface area contributed by atoms with E-state index in [4.69, 9.17) is 14.0 Å². The van der Waals surface area contributed by atoms with Gasteiger partial charge in [0.25, 0.3) is 10.1 Å². The van der Waals surface area contributed by atoms with Gasteiger partial charge in [-0.25, -0.2) is 0 Å². The molecule has 1 aromatic rings. The molecular weight excluding hydrogens is 378 g/mol. The Morgan fingerprint density at radius 3 is 1.68 bits per heavy atom. The van der Waals surface area contributed by atoms with Crippen molar-refractivity contribution < 1.29 is 22.4 Å². The fourth-order valence-electron chi connectivity index (χ4n) is 3.20. The normalized spacial score (nSPS) is 28.1. The highest BCUT2D eigenvalue weighted by Crippen LogP contribution is 2.28. The number of ether oxygens (including phenoxy) is 2. The Kier molecular flexibility index (Phi) is 8.45. The molecule has 2 aliphatic rings. The molecule has 3 rings (SSSR count). The quantitative estimate of drug-likeness (QED) is 0.476. The molecule has 0 amide bonds. The van der Waals surface area contributed by atoms with E-state index in [1.54, 1.807) is 12.1 Å². The van der Waals surface area contributed by atoms with Gasteiger partial charge in [0.2, 0.25) is 0 Å². The highest BCUT2D eigenvalue weighted by Gasteiger charge is 2.35. The molecule has 2 heterocycles. The van der Waals surface area contributed by atoms with Crippen molar-refractivity contribution in [3.63, 3.8) is 0 Å². The van der Waals surface area contributed by atoms with Gasteiger partial charge in [-0.05, 0) is 70.7 Å². The lowest BCUT2D eigenvalue weighted by molar-refractivity contribution is 0.326. The molecule has 2 aliphatic heterocycles. The molecule has 2 saturated heterocycles. The van der Waals surface area contributed by atoms with Crippen molar-refractivity contribution in [2.75, 3.05) is 13.1 Å². The molecule has 7 heteroatoms. The lowest BCUT2D eigenvalue weighted by Gasteiger charge is -2.14. The van der Waals surface area contributed by atoms with E-state index in [9.17, 15) is 8.42 Å². The summed E-state index contributed by atoms with van der Waals surface area (Å²) in [5, 5.41) is 3.57. The lowest BCUT2D eigenvalue weighted by Crippen LogP contribution is -2.27. The van der Waals surface area contributed by atoms with Crippen molar-refractivity contribution in [1.82, 2.24) is 5.32 Å². The van der Waals surface area contributed by atoms with Gasteiger partial charge in [-0.1, -0.05) is 31.5 Å². The predicted molar refractivity (Wildman–Crippen MR) is 110 cm³/mol. The monoisotopic (exact) mass is 413 g/mol. The predicted octanol–water partition coefficient (Wildman–Crippen LogP) is 3.44. The largest absolute Gasteiger partial charge is 0.370 e. The van der Waals surface area contributed by atoms with Gasteiger partial charge in [-0.15, -0.1) is 0 Å². The Morgan fingerprint density at radius 2 is 1.36 bits per heavy atom. The van der Waals surface area contributed by atoms with Crippen LogP contribution in [0.3, 0.4) is 0 Å². The summed E-state index contributed by atoms with van der Waals surface area (Å²) in [7, 11) is -4.02. The smallest absolute Gasteiger partial charge is 0.294 e. The molecule has 6 unspecified atom stereocenters. The SMILES string of the molecule is CC(CNCC(C)CC1OC1C)CC1OC1C.Cc1ccc(S(=O)(=O)O)cc1. The van der Waals surface area contributed by atoms with Gasteiger partial charge in [0.1, 0.15) is 0 Å². The maximum atomic E-state index is 10.5. The zero-order valence-electron chi connectivity index (χ0n) is 17.6. The second kappa shape index (κ2) is 10.2. The van der Waals surface area contributed by atoms with E-state index in [-0.39, 0.29) is 4.90 Å². The molecule has 6 atom stereocenters. The summed E-state index contributed by atoms with van der Waals surface area (Å²) < 4.78 is 40.4. The summed E-state index contributed by atoms with van der Waals surface area (Å²) in [4.78, 5) is -0.0666. The van der Waals surface area contributed by atoms with Crippen LogP contribution >= 0.6 is 0 Å². The highest BCUT2D eigenvalue weighted by atomic mass is 32.2. The number of benzene rings is 1. The summed E-state index contributed by atoms with van der Waals surface area (Å²) in [6.45, 7) is 13.0. The fraction of sp³-hybridized carbons (Fsp3) is 0.714. The molecule has 1 aromatic carbocycles. The van der Waals surface area contributed by atoms with Gasteiger partial charge >= 0.3 is 0 Å². The Labute approximate surface area is 169 Å². The number of rotatable bonds is 9. The van der Waals surface area contributed by atoms with Gasteiger partial charge < -0.3 is 14.8 Å². The molecule has 0 saturated carbocycles. The van der Waals surface area contributed by atoms with E-state index in [0.29, 0.717) is 36.3 Å². The average Bonchev–Trinajstić information content (AvgIpc) is 3.47. The average molecular weight is 414 g/mol. The van der Waals surface area contributed by atoms with Crippen molar-refractivity contribution in [3.8, 4) is 0 Å². The Morgan fingerprint density at radius 1 is 0.964 bits per heavy atom. The molecular formula is C21H35NO5S. The van der Waals surface area contributed by atoms with Gasteiger partial charge in [-0.3, -0.25) is 4.55 Å². The maximum Gasteiger partial charge on any atom is 0.294 e. The second-order valence-electron chi connectivity index (χ2n) is 8.39. The zero-order chi connectivity index (χ0) is 20.9. The van der Waals surface area contributed by atoms with Crippen LogP contribution in [0.4, 0.5) is 0 Å². The van der Waals surface area contributed by atoms with Crippen molar-refractivity contribution in [1.29, 1.82) is 0 Å². The summed E-state index contributed by atoms with van der Waals surface area (Å²) in [6.07, 6.45) is 4.47. The second-order valence-corrected chi connectivity index (χ2v) is 9.81. The Hall–Kier alpha value is -0.990. The standard InChI is InChI=1S/C14H27NO2.C7H8O3S/c1-9(5-13-11(3)16-13)7-15-8-10(2)6-14-12(4)17-14;1-6-2-4-7(5-3-6)11(8,9)10/h9-15H,5-8H2,1-4H3;2-5H,1H3,(H,8,9,10). The summed E-state index contributed by atoms with van der Waals surface area (Å²) in [6, 6.07) is 5.99. The Bertz CT molecular complexity index is 682. The summed E-state index contributed by atoms with van der Waals surface area (Å²) in [5.41, 5.74) is 0.956. The van der Waals surface area contributed by atoms with Crippen molar-refractivity contribution in [3.05, 3.63) is 29.8 Å². The molecule has 0 bridgehead atoms. The van der Waals surface area contributed by atoms with E-state index >= 15 is 0 Å². The van der Waals surface area contributed by atoms with Crippen LogP contribution in [-0.2, 0) is 19.6 Å². The lowest BCUT2D eigenvalue weighted by atomic mass is 10.0. The molecule has 2 fully saturated rings. The molecule has 160 valence electrons. The number of aryl methyl sites for hydroxylation is 1. The third-order valence-electron chi connectivity index (χ3n) is 5.25. The molecule has 0 radical (unpaired) electrons. The first-order valence-electron chi connectivity index (χ1n) is 10.1. The summed E-state index contributed by atoms with van der Waals surface area (Å²) >= 11 is 0. The van der Waals surface area contributed by atoms with E-state index in [1.165, 1.54) is 25.0 Å². The molecule has 0 aromatic heterocycles. The van der Waals surface area contributed by atoms with E-state index in [2.05, 4.69) is 33.0 Å². The van der Waals surface area contributed by atoms with Crippen LogP contribution in [0.5, 0.6) is 0 Å². The third kappa shape index (κ3) is 8.57. The van der Waals surface area contributed by atoms with Crippen LogP contribution in [0.15, 0.2) is 29.2 Å². The van der Waals surface area contributed by atoms with Crippen LogP contribution in [0.2, 0.25) is 0 Å². The van der Waals surface area contributed by atoms with Crippen LogP contribution in [0.1, 0.15) is 46.1 Å². The zero-order valence-corrected chi connectivity index (χ0v) is 18.4. The highest BCUT2D eigenvalue weighted by molar-refractivity contribution is 7.85.